The second-order valence-corrected chi connectivity index (χ2v) is 7.08. The molecule has 0 radical (unpaired) electrons. The van der Waals surface area contributed by atoms with E-state index in [2.05, 4.69) is 0 Å². The second-order valence-electron chi connectivity index (χ2n) is 4.91. The number of hydrogen-bond donors (Lipinski definition) is 1. The standard InChI is InChI=1S/C15H15NO3S2/c1-2-9-3-4-12(21-9)14(17)16-7-5-11-10(6-8-20-11)13(16)15(18)19/h3-4,6,8,13H,2,5,7H2,1H3,(H,18,19). The number of aryl methyl sites for hydroxylation is 1. The van der Waals surface area contributed by atoms with Gasteiger partial charge in [-0.2, -0.15) is 0 Å². The van der Waals surface area contributed by atoms with Crippen molar-refractivity contribution in [1.82, 2.24) is 4.90 Å². The first-order chi connectivity index (χ1) is 10.1. The van der Waals surface area contributed by atoms with Gasteiger partial charge in [0.1, 0.15) is 0 Å². The second kappa shape index (κ2) is 5.61. The fourth-order valence-electron chi connectivity index (χ4n) is 2.63. The van der Waals surface area contributed by atoms with E-state index in [-0.39, 0.29) is 5.91 Å². The summed E-state index contributed by atoms with van der Waals surface area (Å²) in [6.45, 7) is 2.50. The minimum Gasteiger partial charge on any atom is -0.479 e. The number of carboxylic acid groups (broad SMARTS) is 1. The Bertz CT molecular complexity index is 689. The Hall–Kier alpha value is -1.66. The summed E-state index contributed by atoms with van der Waals surface area (Å²) in [5.74, 6) is -1.14. The van der Waals surface area contributed by atoms with Gasteiger partial charge in [-0.15, -0.1) is 22.7 Å². The summed E-state index contributed by atoms with van der Waals surface area (Å²) < 4.78 is 0. The van der Waals surface area contributed by atoms with E-state index in [0.717, 1.165) is 28.2 Å². The third-order valence-corrected chi connectivity index (χ3v) is 5.90. The van der Waals surface area contributed by atoms with Gasteiger partial charge in [0.05, 0.1) is 4.88 Å². The predicted molar refractivity (Wildman–Crippen MR) is 83.1 cm³/mol. The van der Waals surface area contributed by atoms with E-state index >= 15 is 0 Å². The lowest BCUT2D eigenvalue weighted by molar-refractivity contribution is -0.142. The number of thiophene rings is 2. The number of carbonyl (C=O) groups is 2. The highest BCUT2D eigenvalue weighted by atomic mass is 32.1. The summed E-state index contributed by atoms with van der Waals surface area (Å²) in [5.41, 5.74) is 0.763. The predicted octanol–water partition coefficient (Wildman–Crippen LogP) is 3.20. The highest BCUT2D eigenvalue weighted by Crippen LogP contribution is 2.35. The highest BCUT2D eigenvalue weighted by Gasteiger charge is 2.37. The summed E-state index contributed by atoms with van der Waals surface area (Å²) in [6, 6.07) is 4.70. The molecule has 4 nitrogen and oxygen atoms in total. The van der Waals surface area contributed by atoms with Crippen LogP contribution in [0, 0.1) is 0 Å². The molecule has 21 heavy (non-hydrogen) atoms. The highest BCUT2D eigenvalue weighted by molar-refractivity contribution is 7.14. The van der Waals surface area contributed by atoms with E-state index in [0.29, 0.717) is 11.4 Å². The van der Waals surface area contributed by atoms with Gasteiger partial charge in [0.15, 0.2) is 6.04 Å². The Morgan fingerprint density at radius 2 is 2.19 bits per heavy atom. The lowest BCUT2D eigenvalue weighted by Gasteiger charge is -2.32. The topological polar surface area (TPSA) is 57.6 Å². The van der Waals surface area contributed by atoms with E-state index in [1.54, 1.807) is 17.4 Å². The van der Waals surface area contributed by atoms with Crippen molar-refractivity contribution in [3.8, 4) is 0 Å². The maximum Gasteiger partial charge on any atom is 0.331 e. The van der Waals surface area contributed by atoms with Gasteiger partial charge in [-0.25, -0.2) is 4.79 Å². The first-order valence-corrected chi connectivity index (χ1v) is 8.50. The van der Waals surface area contributed by atoms with Crippen molar-refractivity contribution < 1.29 is 14.7 Å². The van der Waals surface area contributed by atoms with E-state index in [9.17, 15) is 14.7 Å². The largest absolute Gasteiger partial charge is 0.479 e. The lowest BCUT2D eigenvalue weighted by atomic mass is 10.00. The molecule has 0 aromatic carbocycles. The van der Waals surface area contributed by atoms with Crippen molar-refractivity contribution in [3.63, 3.8) is 0 Å². The molecule has 1 amide bonds. The summed E-state index contributed by atoms with van der Waals surface area (Å²) in [6.07, 6.45) is 1.61. The Labute approximate surface area is 130 Å². The molecule has 1 unspecified atom stereocenters. The Morgan fingerprint density at radius 1 is 1.38 bits per heavy atom. The zero-order valence-electron chi connectivity index (χ0n) is 11.5. The van der Waals surface area contributed by atoms with Gasteiger partial charge in [-0.05, 0) is 42.0 Å². The van der Waals surface area contributed by atoms with Crippen LogP contribution in [-0.4, -0.2) is 28.4 Å². The molecule has 0 saturated heterocycles. The van der Waals surface area contributed by atoms with Gasteiger partial charge in [0.2, 0.25) is 0 Å². The number of carboxylic acids is 1. The number of nitrogens with zero attached hydrogens (tertiary/aromatic N) is 1. The molecule has 0 aliphatic carbocycles. The van der Waals surface area contributed by atoms with Gasteiger partial charge in [0, 0.05) is 16.3 Å². The molecule has 1 atom stereocenters. The third-order valence-electron chi connectivity index (χ3n) is 3.68. The summed E-state index contributed by atoms with van der Waals surface area (Å²) in [5, 5.41) is 11.4. The molecule has 3 heterocycles. The van der Waals surface area contributed by atoms with Gasteiger partial charge >= 0.3 is 5.97 Å². The minimum atomic E-state index is -0.963. The average molecular weight is 321 g/mol. The minimum absolute atomic E-state index is 0.177. The van der Waals surface area contributed by atoms with Crippen LogP contribution in [0.15, 0.2) is 23.6 Å². The monoisotopic (exact) mass is 321 g/mol. The number of rotatable bonds is 3. The van der Waals surface area contributed by atoms with Gasteiger partial charge in [-0.3, -0.25) is 4.79 Å². The van der Waals surface area contributed by atoms with E-state index < -0.39 is 12.0 Å². The van der Waals surface area contributed by atoms with E-state index in [4.69, 9.17) is 0 Å². The lowest BCUT2D eigenvalue weighted by Crippen LogP contribution is -2.42. The quantitative estimate of drug-likeness (QED) is 0.944. The average Bonchev–Trinajstić information content (AvgIpc) is 3.13. The molecule has 0 fully saturated rings. The molecule has 1 aliphatic rings. The maximum atomic E-state index is 12.7. The van der Waals surface area contributed by atoms with Crippen molar-refractivity contribution >= 4 is 34.6 Å². The number of fused-ring (bicyclic) bond motifs is 1. The normalized spacial score (nSPS) is 17.6. The molecule has 6 heteroatoms. The van der Waals surface area contributed by atoms with Crippen molar-refractivity contribution in [3.05, 3.63) is 43.8 Å². The van der Waals surface area contributed by atoms with Crippen LogP contribution >= 0.6 is 22.7 Å². The Kier molecular flexibility index (Phi) is 3.82. The van der Waals surface area contributed by atoms with Crippen molar-refractivity contribution in [2.45, 2.75) is 25.8 Å². The molecular weight excluding hydrogens is 306 g/mol. The van der Waals surface area contributed by atoms with E-state index in [1.165, 1.54) is 16.2 Å². The van der Waals surface area contributed by atoms with Crippen LogP contribution in [-0.2, 0) is 17.6 Å². The van der Waals surface area contributed by atoms with Gasteiger partial charge < -0.3 is 10.0 Å². The van der Waals surface area contributed by atoms with Crippen LogP contribution in [0.3, 0.4) is 0 Å². The molecule has 0 saturated carbocycles. The third kappa shape index (κ3) is 2.49. The molecule has 110 valence electrons. The molecule has 1 aliphatic heterocycles. The number of amides is 1. The molecule has 3 rings (SSSR count). The first-order valence-electron chi connectivity index (χ1n) is 6.80. The van der Waals surface area contributed by atoms with Crippen molar-refractivity contribution in [2.24, 2.45) is 0 Å². The fraction of sp³-hybridized carbons (Fsp3) is 0.333. The summed E-state index contributed by atoms with van der Waals surface area (Å²) >= 11 is 3.02. The smallest absolute Gasteiger partial charge is 0.331 e. The molecule has 0 spiro atoms. The number of hydrogen-bond acceptors (Lipinski definition) is 4. The van der Waals surface area contributed by atoms with Gasteiger partial charge in [-0.1, -0.05) is 6.92 Å². The molecule has 2 aromatic heterocycles. The van der Waals surface area contributed by atoms with Crippen LogP contribution < -0.4 is 0 Å². The molecule has 2 aromatic rings. The Balaban J connectivity index is 1.94. The summed E-state index contributed by atoms with van der Waals surface area (Å²) in [7, 11) is 0. The van der Waals surface area contributed by atoms with Crippen molar-refractivity contribution in [2.75, 3.05) is 6.54 Å². The van der Waals surface area contributed by atoms with Gasteiger partial charge in [0.25, 0.3) is 5.91 Å². The van der Waals surface area contributed by atoms with Crippen molar-refractivity contribution in [1.29, 1.82) is 0 Å². The Morgan fingerprint density at radius 3 is 2.86 bits per heavy atom. The fourth-order valence-corrected chi connectivity index (χ4v) is 4.43. The number of aliphatic carboxylic acids is 1. The van der Waals surface area contributed by atoms with Crippen LogP contribution in [0.1, 0.15) is 38.0 Å². The maximum absolute atomic E-state index is 12.7. The number of carbonyl (C=O) groups excluding carboxylic acids is 1. The van der Waals surface area contributed by atoms with Crippen LogP contribution in [0.2, 0.25) is 0 Å². The van der Waals surface area contributed by atoms with E-state index in [1.807, 2.05) is 24.4 Å². The first kappa shape index (κ1) is 14.3. The molecule has 0 bridgehead atoms. The molecule has 1 N–H and O–H groups in total. The zero-order valence-corrected chi connectivity index (χ0v) is 13.2. The van der Waals surface area contributed by atoms with Crippen LogP contribution in [0.25, 0.3) is 0 Å². The summed E-state index contributed by atoms with van der Waals surface area (Å²) in [4.78, 5) is 28.6. The van der Waals surface area contributed by atoms with Crippen LogP contribution in [0.4, 0.5) is 0 Å². The SMILES string of the molecule is CCc1ccc(C(=O)N2CCc3sccc3C2C(=O)O)s1. The van der Waals surface area contributed by atoms with Crippen LogP contribution in [0.5, 0.6) is 0 Å². The zero-order chi connectivity index (χ0) is 15.0. The molecular formula is C15H15NO3S2.